The molecule has 140 valence electrons. The van der Waals surface area contributed by atoms with Crippen molar-refractivity contribution in [1.82, 2.24) is 4.98 Å². The second-order valence-corrected chi connectivity index (χ2v) is 6.24. The van der Waals surface area contributed by atoms with Crippen LogP contribution in [0.2, 0.25) is 0 Å². The molecule has 0 spiro atoms. The highest BCUT2D eigenvalue weighted by atomic mass is 16.4. The molecule has 27 heavy (non-hydrogen) atoms. The van der Waals surface area contributed by atoms with E-state index in [9.17, 15) is 9.90 Å². The fraction of sp³-hybridized carbons (Fsp3) is 0.136. The number of hydrogen-bond donors (Lipinski definition) is 4. The van der Waals surface area contributed by atoms with Crippen molar-refractivity contribution in [2.45, 2.75) is 19.4 Å². The number of aromatic amines is 1. The second-order valence-electron chi connectivity index (χ2n) is 6.24. The highest BCUT2D eigenvalue weighted by molar-refractivity contribution is 5.90. The van der Waals surface area contributed by atoms with E-state index in [1.165, 1.54) is 0 Å². The van der Waals surface area contributed by atoms with Gasteiger partial charge in [-0.1, -0.05) is 42.5 Å². The van der Waals surface area contributed by atoms with Gasteiger partial charge in [0.2, 0.25) is 0 Å². The van der Waals surface area contributed by atoms with Crippen LogP contribution in [0.4, 0.5) is 0 Å². The molecule has 0 amide bonds. The van der Waals surface area contributed by atoms with Gasteiger partial charge in [0.05, 0.1) is 17.0 Å². The number of benzene rings is 1. The van der Waals surface area contributed by atoms with Crippen molar-refractivity contribution in [3.05, 3.63) is 95.9 Å². The number of hydrogen-bond acceptors (Lipinski definition) is 3. The fourth-order valence-corrected chi connectivity index (χ4v) is 2.58. The lowest BCUT2D eigenvalue weighted by Crippen LogP contribution is -2.16. The molecule has 0 bridgehead atoms. The van der Waals surface area contributed by atoms with Gasteiger partial charge >= 0.3 is 5.97 Å². The molecule has 0 aliphatic rings. The maximum absolute atomic E-state index is 11.3. The van der Waals surface area contributed by atoms with Crippen LogP contribution >= 0.6 is 0 Å². The second kappa shape index (κ2) is 9.40. The normalized spacial score (nSPS) is 14.1. The molecule has 1 aromatic heterocycles. The Labute approximate surface area is 159 Å². The highest BCUT2D eigenvalue weighted by Crippen LogP contribution is 2.22. The average molecular weight is 363 g/mol. The van der Waals surface area contributed by atoms with E-state index in [4.69, 9.17) is 11.5 Å². The summed E-state index contributed by atoms with van der Waals surface area (Å²) in [5, 5.41) is 9.27. The number of aromatic nitrogens is 1. The number of aromatic carboxylic acids is 1. The van der Waals surface area contributed by atoms with Gasteiger partial charge < -0.3 is 21.6 Å². The zero-order chi connectivity index (χ0) is 19.8. The third-order valence-electron chi connectivity index (χ3n) is 4.07. The van der Waals surface area contributed by atoms with Crippen LogP contribution in [0.25, 0.3) is 11.3 Å². The van der Waals surface area contributed by atoms with Crippen LogP contribution in [0, 0.1) is 0 Å². The summed E-state index contributed by atoms with van der Waals surface area (Å²) in [6.07, 6.45) is 9.85. The van der Waals surface area contributed by atoms with Gasteiger partial charge in [0.25, 0.3) is 0 Å². The van der Waals surface area contributed by atoms with Crippen molar-refractivity contribution in [2.24, 2.45) is 11.5 Å². The predicted octanol–water partition coefficient (Wildman–Crippen LogP) is 3.95. The number of nitrogens with one attached hydrogen (secondary N) is 1. The van der Waals surface area contributed by atoms with E-state index in [1.54, 1.807) is 30.5 Å². The molecule has 6 N–H and O–H groups in total. The first-order valence-electron chi connectivity index (χ1n) is 8.62. The summed E-state index contributed by atoms with van der Waals surface area (Å²) < 4.78 is 0. The third kappa shape index (κ3) is 5.87. The van der Waals surface area contributed by atoms with Gasteiger partial charge in [-0.25, -0.2) is 4.79 Å². The van der Waals surface area contributed by atoms with Gasteiger partial charge in [0.15, 0.2) is 0 Å². The van der Waals surface area contributed by atoms with Gasteiger partial charge in [-0.05, 0) is 54.8 Å². The van der Waals surface area contributed by atoms with Crippen LogP contribution in [-0.4, -0.2) is 22.1 Å². The zero-order valence-electron chi connectivity index (χ0n) is 15.4. The molecule has 0 aliphatic carbocycles. The Kier molecular flexibility index (Phi) is 6.97. The molecule has 0 aliphatic heterocycles. The van der Waals surface area contributed by atoms with Gasteiger partial charge in [-0.2, -0.15) is 0 Å². The largest absolute Gasteiger partial charge is 0.478 e. The summed E-state index contributed by atoms with van der Waals surface area (Å²) in [5.41, 5.74) is 16.5. The molecule has 1 atom stereocenters. The number of nitrogens with two attached hydrogens (primary N) is 2. The van der Waals surface area contributed by atoms with Gasteiger partial charge in [-0.3, -0.25) is 0 Å². The maximum Gasteiger partial charge on any atom is 0.335 e. The van der Waals surface area contributed by atoms with Gasteiger partial charge in [0.1, 0.15) is 0 Å². The van der Waals surface area contributed by atoms with E-state index in [0.717, 1.165) is 22.4 Å². The van der Waals surface area contributed by atoms with Crippen LogP contribution in [0.15, 0.2) is 79.1 Å². The van der Waals surface area contributed by atoms with E-state index in [2.05, 4.69) is 11.6 Å². The first-order valence-corrected chi connectivity index (χ1v) is 8.62. The number of rotatable bonds is 8. The topological polar surface area (TPSA) is 105 Å². The SMILES string of the molecule is C=C/C(C)=C\C(N)C/C=C(\C=C(/N)c1ccc[nH]1)c1cccc(C(=O)O)c1. The first kappa shape index (κ1) is 20.0. The lowest BCUT2D eigenvalue weighted by molar-refractivity contribution is 0.0697. The Morgan fingerprint density at radius 3 is 2.67 bits per heavy atom. The lowest BCUT2D eigenvalue weighted by Gasteiger charge is -2.09. The molecule has 0 saturated heterocycles. The van der Waals surface area contributed by atoms with E-state index in [1.807, 2.05) is 43.4 Å². The van der Waals surface area contributed by atoms with Crippen LogP contribution in [0.1, 0.15) is 35.0 Å². The molecule has 2 rings (SSSR count). The molecule has 5 heteroatoms. The minimum absolute atomic E-state index is 0.180. The van der Waals surface area contributed by atoms with Crippen molar-refractivity contribution in [3.8, 4) is 0 Å². The molecule has 1 aromatic carbocycles. The summed E-state index contributed by atoms with van der Waals surface area (Å²) in [5.74, 6) is -0.973. The van der Waals surface area contributed by atoms with Crippen LogP contribution in [-0.2, 0) is 0 Å². The minimum atomic E-state index is -0.973. The van der Waals surface area contributed by atoms with Crippen molar-refractivity contribution in [3.63, 3.8) is 0 Å². The Bertz CT molecular complexity index is 890. The van der Waals surface area contributed by atoms with Crippen molar-refractivity contribution >= 4 is 17.2 Å². The molecule has 0 saturated carbocycles. The molecular weight excluding hydrogens is 338 g/mol. The zero-order valence-corrected chi connectivity index (χ0v) is 15.4. The van der Waals surface area contributed by atoms with Gasteiger partial charge in [0, 0.05) is 12.2 Å². The lowest BCUT2D eigenvalue weighted by atomic mass is 9.99. The van der Waals surface area contributed by atoms with Crippen molar-refractivity contribution < 1.29 is 9.90 Å². The molecule has 0 fully saturated rings. The molecule has 1 unspecified atom stereocenters. The van der Waals surface area contributed by atoms with Crippen LogP contribution < -0.4 is 11.5 Å². The number of carbonyl (C=O) groups is 1. The summed E-state index contributed by atoms with van der Waals surface area (Å²) >= 11 is 0. The molecule has 5 nitrogen and oxygen atoms in total. The predicted molar refractivity (Wildman–Crippen MR) is 111 cm³/mol. The standard InChI is InChI=1S/C22H25N3O2/c1-3-15(2)12-19(23)10-9-17(14-20(24)21-8-5-11-25-21)16-6-4-7-18(13-16)22(26)27/h3-9,11-14,19,25H,1,10,23-24H2,2H3,(H,26,27)/b15-12-,17-9+,20-14-. The van der Waals surface area contributed by atoms with E-state index in [-0.39, 0.29) is 11.6 Å². The Morgan fingerprint density at radius 2 is 2.04 bits per heavy atom. The molecule has 2 aromatic rings. The Hall–Kier alpha value is -3.31. The van der Waals surface area contributed by atoms with E-state index in [0.29, 0.717) is 12.1 Å². The maximum atomic E-state index is 11.3. The number of allylic oxidation sites excluding steroid dienone is 4. The van der Waals surface area contributed by atoms with E-state index < -0.39 is 5.97 Å². The smallest absolute Gasteiger partial charge is 0.335 e. The average Bonchev–Trinajstić information content (AvgIpc) is 3.19. The Balaban J connectivity index is 2.41. The highest BCUT2D eigenvalue weighted by Gasteiger charge is 2.08. The summed E-state index contributed by atoms with van der Waals surface area (Å²) in [4.78, 5) is 14.4. The van der Waals surface area contributed by atoms with Crippen molar-refractivity contribution in [2.75, 3.05) is 0 Å². The Morgan fingerprint density at radius 1 is 1.30 bits per heavy atom. The number of H-pyrrole nitrogens is 1. The number of carboxylic acid groups (broad SMARTS) is 1. The quantitative estimate of drug-likeness (QED) is 0.533. The number of carboxylic acids is 1. The van der Waals surface area contributed by atoms with Gasteiger partial charge in [-0.15, -0.1) is 0 Å². The third-order valence-corrected chi connectivity index (χ3v) is 4.07. The summed E-state index contributed by atoms with van der Waals surface area (Å²) in [6.45, 7) is 5.67. The molecule has 0 radical (unpaired) electrons. The minimum Gasteiger partial charge on any atom is -0.478 e. The molecular formula is C22H25N3O2. The summed E-state index contributed by atoms with van der Waals surface area (Å²) in [7, 11) is 0. The van der Waals surface area contributed by atoms with Crippen LogP contribution in [0.3, 0.4) is 0 Å². The van der Waals surface area contributed by atoms with E-state index >= 15 is 0 Å². The fourth-order valence-electron chi connectivity index (χ4n) is 2.58. The van der Waals surface area contributed by atoms with Crippen molar-refractivity contribution in [1.29, 1.82) is 0 Å². The summed E-state index contributed by atoms with van der Waals surface area (Å²) in [6, 6.07) is 10.3. The molecule has 1 heterocycles. The first-order chi connectivity index (χ1) is 12.9. The monoisotopic (exact) mass is 363 g/mol. The van der Waals surface area contributed by atoms with Crippen LogP contribution in [0.5, 0.6) is 0 Å².